The first-order valence-electron chi connectivity index (χ1n) is 5.22. The molecule has 0 aliphatic rings. The smallest absolute Gasteiger partial charge is 0.190 e. The number of benzene rings is 1. The van der Waals surface area contributed by atoms with Crippen molar-refractivity contribution in [2.45, 2.75) is 17.8 Å². The number of aromatic nitrogens is 2. The van der Waals surface area contributed by atoms with Gasteiger partial charge in [-0.25, -0.2) is 18.7 Å². The Bertz CT molecular complexity index is 483. The number of aryl methyl sites for hydroxylation is 1. The van der Waals surface area contributed by atoms with Gasteiger partial charge in [0.15, 0.2) is 5.16 Å². The molecule has 1 aromatic heterocycles. The summed E-state index contributed by atoms with van der Waals surface area (Å²) in [5.74, 6) is -0.404. The average molecular weight is 267 g/mol. The number of hydrogen-bond acceptors (Lipinski definition) is 4. The van der Waals surface area contributed by atoms with Crippen LogP contribution in [0.4, 0.5) is 14.6 Å². The van der Waals surface area contributed by atoms with Gasteiger partial charge < -0.3 is 5.73 Å². The number of nitrogen functional groups attached to an aromatic ring is 1. The molecule has 18 heavy (non-hydrogen) atoms. The maximum Gasteiger partial charge on any atom is 0.190 e. The predicted octanol–water partition coefficient (Wildman–Crippen LogP) is 2.94. The number of thioether (sulfide) groups is 1. The zero-order valence-electron chi connectivity index (χ0n) is 9.65. The molecule has 94 valence electrons. The Labute approximate surface area is 107 Å². The minimum Gasteiger partial charge on any atom is -0.384 e. The molecule has 1 aromatic carbocycles. The summed E-state index contributed by atoms with van der Waals surface area (Å²) >= 11 is 1.28. The van der Waals surface area contributed by atoms with Crippen LogP contribution >= 0.6 is 11.8 Å². The molecule has 0 saturated heterocycles. The molecule has 0 bridgehead atoms. The molecule has 1 heterocycles. The van der Waals surface area contributed by atoms with E-state index in [4.69, 9.17) is 5.73 Å². The lowest BCUT2D eigenvalue weighted by molar-refractivity contribution is 0.581. The van der Waals surface area contributed by atoms with Gasteiger partial charge in [-0.15, -0.1) is 0 Å². The van der Waals surface area contributed by atoms with Gasteiger partial charge in [-0.3, -0.25) is 0 Å². The van der Waals surface area contributed by atoms with E-state index in [1.54, 1.807) is 6.07 Å². The van der Waals surface area contributed by atoms with Gasteiger partial charge in [-0.05, 0) is 24.6 Å². The van der Waals surface area contributed by atoms with Gasteiger partial charge in [0.05, 0.1) is 0 Å². The van der Waals surface area contributed by atoms with Crippen molar-refractivity contribution in [3.63, 3.8) is 0 Å². The average Bonchev–Trinajstić information content (AvgIpc) is 2.23. The Kier molecular flexibility index (Phi) is 3.76. The number of anilines is 1. The van der Waals surface area contributed by atoms with Crippen LogP contribution in [-0.4, -0.2) is 9.97 Å². The zero-order chi connectivity index (χ0) is 13.1. The first kappa shape index (κ1) is 12.8. The monoisotopic (exact) mass is 267 g/mol. The molecule has 0 amide bonds. The highest BCUT2D eigenvalue weighted by atomic mass is 32.2. The van der Waals surface area contributed by atoms with E-state index in [1.165, 1.54) is 23.9 Å². The van der Waals surface area contributed by atoms with E-state index in [0.717, 1.165) is 11.8 Å². The largest absolute Gasteiger partial charge is 0.384 e. The fourth-order valence-electron chi connectivity index (χ4n) is 1.47. The van der Waals surface area contributed by atoms with Crippen LogP contribution in [0.25, 0.3) is 0 Å². The summed E-state index contributed by atoms with van der Waals surface area (Å²) in [5, 5.41) is 0.497. The summed E-state index contributed by atoms with van der Waals surface area (Å²) in [6.07, 6.45) is 0. The number of hydrogen-bond donors (Lipinski definition) is 1. The van der Waals surface area contributed by atoms with Crippen molar-refractivity contribution in [3.05, 3.63) is 47.2 Å². The Morgan fingerprint density at radius 1 is 1.11 bits per heavy atom. The van der Waals surface area contributed by atoms with Crippen molar-refractivity contribution in [2.75, 3.05) is 5.73 Å². The van der Waals surface area contributed by atoms with Gasteiger partial charge in [0.25, 0.3) is 0 Å². The molecule has 2 aromatic rings. The van der Waals surface area contributed by atoms with Crippen molar-refractivity contribution < 1.29 is 8.78 Å². The Balaban J connectivity index is 2.11. The molecular weight excluding hydrogens is 256 g/mol. The fourth-order valence-corrected chi connectivity index (χ4v) is 2.31. The molecule has 0 atom stereocenters. The summed E-state index contributed by atoms with van der Waals surface area (Å²) < 4.78 is 26.0. The third kappa shape index (κ3) is 3.40. The second kappa shape index (κ2) is 5.30. The summed E-state index contributed by atoms with van der Waals surface area (Å²) in [7, 11) is 0. The van der Waals surface area contributed by atoms with Crippen LogP contribution in [-0.2, 0) is 5.75 Å². The lowest BCUT2D eigenvalue weighted by Crippen LogP contribution is -1.97. The SMILES string of the molecule is Cc1cc(N)nc(SCc2cc(F)cc(F)c2)n1. The molecule has 0 aliphatic heterocycles. The third-order valence-electron chi connectivity index (χ3n) is 2.14. The van der Waals surface area contributed by atoms with Gasteiger partial charge in [0.2, 0.25) is 0 Å². The highest BCUT2D eigenvalue weighted by Crippen LogP contribution is 2.21. The van der Waals surface area contributed by atoms with Gasteiger partial charge in [0.1, 0.15) is 17.5 Å². The van der Waals surface area contributed by atoms with Crippen LogP contribution in [0, 0.1) is 18.6 Å². The van der Waals surface area contributed by atoms with E-state index in [0.29, 0.717) is 22.3 Å². The first-order chi connectivity index (χ1) is 8.52. The minimum absolute atomic E-state index is 0.385. The molecule has 2 rings (SSSR count). The molecule has 0 fully saturated rings. The van der Waals surface area contributed by atoms with Gasteiger partial charge in [0, 0.05) is 23.6 Å². The van der Waals surface area contributed by atoms with Crippen molar-refractivity contribution in [1.29, 1.82) is 0 Å². The Morgan fingerprint density at radius 2 is 1.78 bits per heavy atom. The van der Waals surface area contributed by atoms with E-state index in [-0.39, 0.29) is 0 Å². The number of nitrogens with two attached hydrogens (primary N) is 1. The predicted molar refractivity (Wildman–Crippen MR) is 67.1 cm³/mol. The van der Waals surface area contributed by atoms with E-state index in [2.05, 4.69) is 9.97 Å². The van der Waals surface area contributed by atoms with Crippen molar-refractivity contribution in [3.8, 4) is 0 Å². The van der Waals surface area contributed by atoms with Crippen molar-refractivity contribution >= 4 is 17.6 Å². The second-order valence-electron chi connectivity index (χ2n) is 3.78. The standard InChI is InChI=1S/C12H11F2N3S/c1-7-2-11(15)17-12(16-7)18-6-8-3-9(13)5-10(14)4-8/h2-5H,6H2,1H3,(H2,15,16,17). The molecule has 0 aliphatic carbocycles. The Hall–Kier alpha value is -1.69. The van der Waals surface area contributed by atoms with E-state index >= 15 is 0 Å². The molecular formula is C12H11F2N3S. The zero-order valence-corrected chi connectivity index (χ0v) is 10.5. The molecule has 0 radical (unpaired) electrons. The maximum absolute atomic E-state index is 13.0. The van der Waals surface area contributed by atoms with Crippen LogP contribution in [0.3, 0.4) is 0 Å². The lowest BCUT2D eigenvalue weighted by atomic mass is 10.2. The van der Waals surface area contributed by atoms with Crippen LogP contribution in [0.2, 0.25) is 0 Å². The summed E-state index contributed by atoms with van der Waals surface area (Å²) in [6.45, 7) is 1.81. The van der Waals surface area contributed by atoms with Crippen molar-refractivity contribution in [2.24, 2.45) is 0 Å². The highest BCUT2D eigenvalue weighted by Gasteiger charge is 2.04. The molecule has 0 saturated carbocycles. The van der Waals surface area contributed by atoms with E-state index in [1.807, 2.05) is 6.92 Å². The summed E-state index contributed by atoms with van der Waals surface area (Å²) in [6, 6.07) is 5.08. The van der Waals surface area contributed by atoms with Crippen LogP contribution in [0.1, 0.15) is 11.3 Å². The van der Waals surface area contributed by atoms with Crippen LogP contribution in [0.5, 0.6) is 0 Å². The number of rotatable bonds is 3. The second-order valence-corrected chi connectivity index (χ2v) is 4.73. The summed E-state index contributed by atoms with van der Waals surface area (Å²) in [5.41, 5.74) is 6.89. The minimum atomic E-state index is -0.588. The molecule has 0 spiro atoms. The highest BCUT2D eigenvalue weighted by molar-refractivity contribution is 7.98. The maximum atomic E-state index is 13.0. The molecule has 2 N–H and O–H groups in total. The van der Waals surface area contributed by atoms with Gasteiger partial charge in [-0.1, -0.05) is 11.8 Å². The number of nitrogens with zero attached hydrogens (tertiary/aromatic N) is 2. The molecule has 3 nitrogen and oxygen atoms in total. The quantitative estimate of drug-likeness (QED) is 0.686. The normalized spacial score (nSPS) is 10.6. The lowest BCUT2D eigenvalue weighted by Gasteiger charge is -2.03. The first-order valence-corrected chi connectivity index (χ1v) is 6.20. The molecule has 0 unspecified atom stereocenters. The third-order valence-corrected chi connectivity index (χ3v) is 3.06. The van der Waals surface area contributed by atoms with Gasteiger partial charge >= 0.3 is 0 Å². The van der Waals surface area contributed by atoms with Gasteiger partial charge in [-0.2, -0.15) is 0 Å². The van der Waals surface area contributed by atoms with E-state index in [9.17, 15) is 8.78 Å². The molecule has 6 heteroatoms. The van der Waals surface area contributed by atoms with Crippen LogP contribution < -0.4 is 5.73 Å². The van der Waals surface area contributed by atoms with Crippen molar-refractivity contribution in [1.82, 2.24) is 9.97 Å². The Morgan fingerprint density at radius 3 is 2.39 bits per heavy atom. The van der Waals surface area contributed by atoms with Crippen LogP contribution in [0.15, 0.2) is 29.4 Å². The topological polar surface area (TPSA) is 51.8 Å². The number of halogens is 2. The fraction of sp³-hybridized carbons (Fsp3) is 0.167. The summed E-state index contributed by atoms with van der Waals surface area (Å²) in [4.78, 5) is 8.21. The van der Waals surface area contributed by atoms with E-state index < -0.39 is 11.6 Å².